The maximum Gasteiger partial charge on any atom is 0.387 e. The number of amides is 1. The van der Waals surface area contributed by atoms with Crippen molar-refractivity contribution < 1.29 is 32.2 Å². The van der Waals surface area contributed by atoms with Crippen molar-refractivity contribution in [1.82, 2.24) is 0 Å². The van der Waals surface area contributed by atoms with Gasteiger partial charge in [0, 0.05) is 11.8 Å². The normalized spacial score (nSPS) is 10.7. The van der Waals surface area contributed by atoms with Crippen LogP contribution in [0.5, 0.6) is 17.2 Å². The van der Waals surface area contributed by atoms with Crippen LogP contribution in [-0.4, -0.2) is 19.6 Å². The Kier molecular flexibility index (Phi) is 6.56. The number of ether oxygens (including phenoxy) is 3. The van der Waals surface area contributed by atoms with Crippen LogP contribution in [0.4, 0.5) is 14.5 Å². The highest BCUT2D eigenvalue weighted by atomic mass is 19.3. The molecule has 0 spiro atoms. The van der Waals surface area contributed by atoms with Gasteiger partial charge in [0.05, 0.1) is 7.11 Å². The number of hydrogen-bond acceptors (Lipinski definition) is 5. The zero-order valence-corrected chi connectivity index (χ0v) is 16.7. The molecule has 1 N–H and O–H groups in total. The van der Waals surface area contributed by atoms with Crippen molar-refractivity contribution in [3.05, 3.63) is 71.2 Å². The van der Waals surface area contributed by atoms with Crippen LogP contribution in [0.1, 0.15) is 27.4 Å². The number of hydrogen-bond donors (Lipinski definition) is 1. The summed E-state index contributed by atoms with van der Waals surface area (Å²) in [6.45, 7) is 1.16. The number of nitrogens with one attached hydrogen (secondary N) is 1. The minimum absolute atomic E-state index is 0.0649. The van der Waals surface area contributed by atoms with Crippen molar-refractivity contribution in [1.29, 1.82) is 0 Å². The van der Waals surface area contributed by atoms with Crippen LogP contribution in [-0.2, 0) is 6.61 Å². The fourth-order valence-corrected chi connectivity index (χ4v) is 2.88. The molecule has 0 unspecified atom stereocenters. The molecule has 3 rings (SSSR count). The highest BCUT2D eigenvalue weighted by Gasteiger charge is 2.15. The molecule has 3 aromatic rings. The molecule has 0 aliphatic carbocycles. The Morgan fingerprint density at radius 3 is 2.43 bits per heavy atom. The van der Waals surface area contributed by atoms with E-state index in [1.165, 1.54) is 31.4 Å². The van der Waals surface area contributed by atoms with Crippen LogP contribution in [0.15, 0.2) is 52.9 Å². The summed E-state index contributed by atoms with van der Waals surface area (Å²) in [6, 6.07) is 13.1. The molecule has 1 heterocycles. The number of rotatable bonds is 8. The van der Waals surface area contributed by atoms with E-state index >= 15 is 0 Å². The standard InChI is InChI=1S/C22H21F2NO5/c1-13-8-14(2)10-17(9-13)28-12-16-5-7-19(29-16)21(26)25-15-4-6-18(30-22(23)24)20(11-15)27-3/h4-11,22H,12H2,1-3H3,(H,25,26). The molecular formula is C22H21F2NO5. The quantitative estimate of drug-likeness (QED) is 0.536. The number of carbonyl (C=O) groups excluding carboxylic acids is 1. The summed E-state index contributed by atoms with van der Waals surface area (Å²) in [4.78, 5) is 12.4. The Labute approximate surface area is 172 Å². The Bertz CT molecular complexity index is 1010. The van der Waals surface area contributed by atoms with Crippen molar-refractivity contribution in [2.75, 3.05) is 12.4 Å². The molecule has 158 valence electrons. The molecule has 6 nitrogen and oxygen atoms in total. The molecule has 0 bridgehead atoms. The molecule has 1 aromatic heterocycles. The highest BCUT2D eigenvalue weighted by Crippen LogP contribution is 2.31. The first kappa shape index (κ1) is 21.2. The van der Waals surface area contributed by atoms with E-state index in [9.17, 15) is 13.6 Å². The third-order valence-corrected chi connectivity index (χ3v) is 4.10. The summed E-state index contributed by atoms with van der Waals surface area (Å²) >= 11 is 0. The van der Waals surface area contributed by atoms with Gasteiger partial charge in [-0.3, -0.25) is 4.79 Å². The first-order valence-corrected chi connectivity index (χ1v) is 9.08. The number of halogens is 2. The molecule has 0 saturated carbocycles. The monoisotopic (exact) mass is 417 g/mol. The smallest absolute Gasteiger partial charge is 0.387 e. The van der Waals surface area contributed by atoms with Crippen LogP contribution in [0.25, 0.3) is 0 Å². The molecule has 1 amide bonds. The minimum Gasteiger partial charge on any atom is -0.493 e. The molecule has 30 heavy (non-hydrogen) atoms. The van der Waals surface area contributed by atoms with Gasteiger partial charge in [-0.1, -0.05) is 6.07 Å². The number of alkyl halides is 2. The molecular weight excluding hydrogens is 396 g/mol. The summed E-state index contributed by atoms with van der Waals surface area (Å²) in [7, 11) is 1.31. The van der Waals surface area contributed by atoms with Crippen LogP contribution >= 0.6 is 0 Å². The van der Waals surface area contributed by atoms with E-state index in [1.54, 1.807) is 6.07 Å². The maximum absolute atomic E-state index is 12.4. The Morgan fingerprint density at radius 1 is 1.03 bits per heavy atom. The topological polar surface area (TPSA) is 69.9 Å². The lowest BCUT2D eigenvalue weighted by Gasteiger charge is -2.11. The predicted molar refractivity (Wildman–Crippen MR) is 107 cm³/mol. The number of benzene rings is 2. The van der Waals surface area contributed by atoms with Crippen molar-refractivity contribution in [2.24, 2.45) is 0 Å². The lowest BCUT2D eigenvalue weighted by Crippen LogP contribution is -2.11. The SMILES string of the molecule is COc1cc(NC(=O)c2ccc(COc3cc(C)cc(C)c3)o2)ccc1OC(F)F. The number of anilines is 1. The van der Waals surface area contributed by atoms with Gasteiger partial charge in [-0.05, 0) is 61.4 Å². The largest absolute Gasteiger partial charge is 0.493 e. The number of carbonyl (C=O) groups is 1. The van der Waals surface area contributed by atoms with Crippen molar-refractivity contribution >= 4 is 11.6 Å². The molecule has 0 aliphatic rings. The third-order valence-electron chi connectivity index (χ3n) is 4.10. The Balaban J connectivity index is 1.63. The number of furan rings is 1. The lowest BCUT2D eigenvalue weighted by molar-refractivity contribution is -0.0512. The first-order valence-electron chi connectivity index (χ1n) is 9.08. The van der Waals surface area contributed by atoms with E-state index in [0.717, 1.165) is 11.1 Å². The van der Waals surface area contributed by atoms with Crippen LogP contribution in [0, 0.1) is 13.8 Å². The molecule has 8 heteroatoms. The first-order chi connectivity index (χ1) is 14.3. The molecule has 2 aromatic carbocycles. The van der Waals surface area contributed by atoms with Crippen LogP contribution < -0.4 is 19.5 Å². The third kappa shape index (κ3) is 5.50. The van der Waals surface area contributed by atoms with E-state index in [1.807, 2.05) is 32.0 Å². The summed E-state index contributed by atoms with van der Waals surface area (Å²) in [5, 5.41) is 2.62. The second kappa shape index (κ2) is 9.30. The van der Waals surface area contributed by atoms with E-state index < -0.39 is 12.5 Å². The Hall–Kier alpha value is -3.55. The van der Waals surface area contributed by atoms with Crippen molar-refractivity contribution in [3.8, 4) is 17.2 Å². The lowest BCUT2D eigenvalue weighted by atomic mass is 10.1. The fraction of sp³-hybridized carbons (Fsp3) is 0.227. The zero-order chi connectivity index (χ0) is 21.7. The van der Waals surface area contributed by atoms with Gasteiger partial charge in [-0.15, -0.1) is 0 Å². The molecule has 0 atom stereocenters. The highest BCUT2D eigenvalue weighted by molar-refractivity contribution is 6.02. The van der Waals surface area contributed by atoms with Gasteiger partial charge in [-0.25, -0.2) is 0 Å². The average Bonchev–Trinajstić information content (AvgIpc) is 3.15. The maximum atomic E-state index is 12.4. The summed E-state index contributed by atoms with van der Waals surface area (Å²) in [5.74, 6) is 0.716. The van der Waals surface area contributed by atoms with Gasteiger partial charge >= 0.3 is 6.61 Å². The van der Waals surface area contributed by atoms with Crippen LogP contribution in [0.3, 0.4) is 0 Å². The summed E-state index contributed by atoms with van der Waals surface area (Å²) in [5.41, 5.74) is 2.51. The average molecular weight is 417 g/mol. The summed E-state index contributed by atoms with van der Waals surface area (Å²) in [6.07, 6.45) is 0. The van der Waals surface area contributed by atoms with Gasteiger partial charge in [0.1, 0.15) is 18.1 Å². The fourth-order valence-electron chi connectivity index (χ4n) is 2.88. The predicted octanol–water partition coefficient (Wildman–Crippen LogP) is 5.34. The molecule has 0 saturated heterocycles. The van der Waals surface area contributed by atoms with Gasteiger partial charge < -0.3 is 23.9 Å². The van der Waals surface area contributed by atoms with E-state index in [4.69, 9.17) is 13.9 Å². The van der Waals surface area contributed by atoms with Gasteiger partial charge in [-0.2, -0.15) is 8.78 Å². The van der Waals surface area contributed by atoms with E-state index in [2.05, 4.69) is 10.1 Å². The van der Waals surface area contributed by atoms with E-state index in [0.29, 0.717) is 17.2 Å². The van der Waals surface area contributed by atoms with Crippen molar-refractivity contribution in [2.45, 2.75) is 27.1 Å². The van der Waals surface area contributed by atoms with E-state index in [-0.39, 0.29) is 23.9 Å². The zero-order valence-electron chi connectivity index (χ0n) is 16.7. The second-order valence-electron chi connectivity index (χ2n) is 6.58. The van der Waals surface area contributed by atoms with Gasteiger partial charge in [0.2, 0.25) is 0 Å². The van der Waals surface area contributed by atoms with Gasteiger partial charge in [0.25, 0.3) is 5.91 Å². The Morgan fingerprint density at radius 2 is 1.77 bits per heavy atom. The number of methoxy groups -OCH3 is 1. The second-order valence-corrected chi connectivity index (χ2v) is 6.58. The number of aryl methyl sites for hydroxylation is 2. The van der Waals surface area contributed by atoms with Crippen molar-refractivity contribution in [3.63, 3.8) is 0 Å². The molecule has 0 fully saturated rings. The molecule has 0 aliphatic heterocycles. The van der Waals surface area contributed by atoms with Gasteiger partial charge in [0.15, 0.2) is 17.3 Å². The summed E-state index contributed by atoms with van der Waals surface area (Å²) < 4.78 is 45.5. The molecule has 0 radical (unpaired) electrons. The minimum atomic E-state index is -2.98. The van der Waals surface area contributed by atoms with Crippen LogP contribution in [0.2, 0.25) is 0 Å².